The van der Waals surface area contributed by atoms with E-state index in [1.165, 1.54) is 0 Å². The Balaban J connectivity index is 2.25. The molecule has 0 amide bonds. The van der Waals surface area contributed by atoms with Gasteiger partial charge < -0.3 is 14.2 Å². The van der Waals surface area contributed by atoms with Gasteiger partial charge in [-0.05, 0) is 46.8 Å². The summed E-state index contributed by atoms with van der Waals surface area (Å²) in [6.07, 6.45) is 0. The molecule has 0 unspecified atom stereocenters. The third-order valence-corrected chi connectivity index (χ3v) is 4.12. The van der Waals surface area contributed by atoms with E-state index in [4.69, 9.17) is 9.31 Å². The van der Waals surface area contributed by atoms with Gasteiger partial charge in [0.2, 0.25) is 0 Å². The van der Waals surface area contributed by atoms with Crippen molar-refractivity contribution in [1.82, 2.24) is 4.98 Å². The molecule has 2 rings (SSSR count). The quantitative estimate of drug-likeness (QED) is 0.778. The van der Waals surface area contributed by atoms with Crippen LogP contribution in [0.15, 0.2) is 18.2 Å². The minimum atomic E-state index is -0.393. The van der Waals surface area contributed by atoms with Gasteiger partial charge in [0.25, 0.3) is 0 Å². The molecule has 0 spiro atoms. The zero-order chi connectivity index (χ0) is 14.3. The van der Waals surface area contributed by atoms with Crippen LogP contribution in [0, 0.1) is 0 Å². The van der Waals surface area contributed by atoms with Gasteiger partial charge in [-0.3, -0.25) is 0 Å². The summed E-state index contributed by atoms with van der Waals surface area (Å²) < 4.78 is 12.0. The molecule has 0 saturated carbocycles. The second kappa shape index (κ2) is 4.80. The van der Waals surface area contributed by atoms with Crippen molar-refractivity contribution in [2.75, 3.05) is 18.5 Å². The number of nitrogens with zero attached hydrogens (tertiary/aromatic N) is 2. The number of hydrogen-bond donors (Lipinski definition) is 0. The Bertz CT molecular complexity index is 447. The van der Waals surface area contributed by atoms with Crippen molar-refractivity contribution in [3.63, 3.8) is 0 Å². The summed E-state index contributed by atoms with van der Waals surface area (Å²) >= 11 is 0. The largest absolute Gasteiger partial charge is 0.514 e. The van der Waals surface area contributed by atoms with Gasteiger partial charge in [0, 0.05) is 13.6 Å². The monoisotopic (exact) mass is 262 g/mol. The molecule has 0 aliphatic carbocycles. The molecular weight excluding hydrogens is 239 g/mol. The Morgan fingerprint density at radius 3 is 2.26 bits per heavy atom. The standard InChI is InChI=1S/C14H23BN2O2/c1-7-17(6)12-10-8-9-11(16-12)15-18-13(2,3)14(4,5)19-15/h8-10H,7H2,1-6H3. The Morgan fingerprint density at radius 2 is 1.74 bits per heavy atom. The molecule has 19 heavy (non-hydrogen) atoms. The average Bonchev–Trinajstić information content (AvgIpc) is 2.58. The molecule has 5 heteroatoms. The van der Waals surface area contributed by atoms with E-state index >= 15 is 0 Å². The highest BCUT2D eigenvalue weighted by Crippen LogP contribution is 2.36. The van der Waals surface area contributed by atoms with E-state index in [-0.39, 0.29) is 11.2 Å². The van der Waals surface area contributed by atoms with Crippen molar-refractivity contribution in [2.45, 2.75) is 45.8 Å². The van der Waals surface area contributed by atoms with Crippen molar-refractivity contribution in [2.24, 2.45) is 0 Å². The van der Waals surface area contributed by atoms with Crippen LogP contribution in [0.1, 0.15) is 34.6 Å². The first-order valence-electron chi connectivity index (χ1n) is 6.80. The number of aromatic nitrogens is 1. The summed E-state index contributed by atoms with van der Waals surface area (Å²) in [4.78, 5) is 6.72. The molecule has 0 aromatic carbocycles. The Hall–Kier alpha value is -1.07. The molecule has 1 fully saturated rings. The van der Waals surface area contributed by atoms with Crippen LogP contribution in [0.25, 0.3) is 0 Å². The molecule has 104 valence electrons. The smallest absolute Gasteiger partial charge is 0.398 e. The van der Waals surface area contributed by atoms with E-state index in [0.717, 1.165) is 18.0 Å². The van der Waals surface area contributed by atoms with Crippen molar-refractivity contribution < 1.29 is 9.31 Å². The second-order valence-corrected chi connectivity index (χ2v) is 6.02. The van der Waals surface area contributed by atoms with Gasteiger partial charge in [-0.2, -0.15) is 0 Å². The zero-order valence-corrected chi connectivity index (χ0v) is 12.7. The summed E-state index contributed by atoms with van der Waals surface area (Å²) in [6, 6.07) is 5.95. The summed E-state index contributed by atoms with van der Waals surface area (Å²) in [5.41, 5.74) is 0.175. The molecular formula is C14H23BN2O2. The molecule has 2 heterocycles. The lowest BCUT2D eigenvalue weighted by atomic mass is 9.84. The fourth-order valence-electron chi connectivity index (χ4n) is 1.91. The highest BCUT2D eigenvalue weighted by Gasteiger charge is 2.52. The zero-order valence-electron chi connectivity index (χ0n) is 12.7. The number of hydrogen-bond acceptors (Lipinski definition) is 4. The van der Waals surface area contributed by atoms with Gasteiger partial charge in [-0.1, -0.05) is 6.07 Å². The fourth-order valence-corrected chi connectivity index (χ4v) is 1.91. The molecule has 0 radical (unpaired) electrons. The Kier molecular flexibility index (Phi) is 3.62. The third kappa shape index (κ3) is 2.62. The molecule has 1 saturated heterocycles. The average molecular weight is 262 g/mol. The van der Waals surface area contributed by atoms with Crippen molar-refractivity contribution >= 4 is 18.5 Å². The van der Waals surface area contributed by atoms with Crippen LogP contribution in [-0.4, -0.2) is 36.9 Å². The highest BCUT2D eigenvalue weighted by molar-refractivity contribution is 6.61. The lowest BCUT2D eigenvalue weighted by Gasteiger charge is -2.32. The van der Waals surface area contributed by atoms with Gasteiger partial charge in [-0.25, -0.2) is 4.98 Å². The van der Waals surface area contributed by atoms with E-state index in [2.05, 4.69) is 44.5 Å². The van der Waals surface area contributed by atoms with Crippen molar-refractivity contribution in [3.8, 4) is 0 Å². The van der Waals surface area contributed by atoms with Gasteiger partial charge in [0.1, 0.15) is 5.82 Å². The highest BCUT2D eigenvalue weighted by atomic mass is 16.7. The van der Waals surface area contributed by atoms with Crippen LogP contribution < -0.4 is 10.5 Å². The molecule has 0 atom stereocenters. The van der Waals surface area contributed by atoms with Crippen LogP contribution >= 0.6 is 0 Å². The van der Waals surface area contributed by atoms with Crippen LogP contribution in [-0.2, 0) is 9.31 Å². The Labute approximate surface area is 116 Å². The maximum absolute atomic E-state index is 6.02. The lowest BCUT2D eigenvalue weighted by Crippen LogP contribution is -2.41. The molecule has 1 aromatic heterocycles. The predicted molar refractivity (Wildman–Crippen MR) is 78.9 cm³/mol. The molecule has 0 N–H and O–H groups in total. The number of anilines is 1. The minimum absolute atomic E-state index is 0.327. The second-order valence-electron chi connectivity index (χ2n) is 6.02. The maximum atomic E-state index is 6.02. The van der Waals surface area contributed by atoms with Crippen molar-refractivity contribution in [3.05, 3.63) is 18.2 Å². The van der Waals surface area contributed by atoms with Crippen LogP contribution in [0.3, 0.4) is 0 Å². The van der Waals surface area contributed by atoms with Crippen molar-refractivity contribution in [1.29, 1.82) is 0 Å². The third-order valence-electron chi connectivity index (χ3n) is 4.12. The van der Waals surface area contributed by atoms with E-state index in [9.17, 15) is 0 Å². The van der Waals surface area contributed by atoms with E-state index in [0.29, 0.717) is 0 Å². The maximum Gasteiger partial charge on any atom is 0.514 e. The molecule has 4 nitrogen and oxygen atoms in total. The molecule has 1 aliphatic heterocycles. The first kappa shape index (κ1) is 14.3. The van der Waals surface area contributed by atoms with Gasteiger partial charge in [0.05, 0.1) is 16.8 Å². The molecule has 0 bridgehead atoms. The van der Waals surface area contributed by atoms with Crippen LogP contribution in [0.4, 0.5) is 5.82 Å². The van der Waals surface area contributed by atoms with E-state index < -0.39 is 7.12 Å². The topological polar surface area (TPSA) is 34.6 Å². The van der Waals surface area contributed by atoms with E-state index in [1.807, 2.05) is 25.2 Å². The first-order valence-corrected chi connectivity index (χ1v) is 6.80. The first-order chi connectivity index (χ1) is 8.77. The fraction of sp³-hybridized carbons (Fsp3) is 0.643. The summed E-state index contributed by atoms with van der Waals surface area (Å²) in [5.74, 6) is 0.940. The normalized spacial score (nSPS) is 20.6. The van der Waals surface area contributed by atoms with Gasteiger partial charge in [0.15, 0.2) is 0 Å². The van der Waals surface area contributed by atoms with E-state index in [1.54, 1.807) is 0 Å². The molecule has 1 aliphatic rings. The number of pyridine rings is 1. The summed E-state index contributed by atoms with van der Waals surface area (Å²) in [5, 5.41) is 0. The summed E-state index contributed by atoms with van der Waals surface area (Å²) in [6.45, 7) is 11.2. The molecule has 1 aromatic rings. The minimum Gasteiger partial charge on any atom is -0.398 e. The lowest BCUT2D eigenvalue weighted by molar-refractivity contribution is 0.00578. The number of rotatable bonds is 3. The SMILES string of the molecule is CCN(C)c1cccc(B2OC(C)(C)C(C)(C)O2)n1. The van der Waals surface area contributed by atoms with Gasteiger partial charge in [-0.15, -0.1) is 0 Å². The van der Waals surface area contributed by atoms with Crippen LogP contribution in [0.5, 0.6) is 0 Å². The summed E-state index contributed by atoms with van der Waals surface area (Å²) in [7, 11) is 1.63. The van der Waals surface area contributed by atoms with Crippen LogP contribution in [0.2, 0.25) is 0 Å². The Morgan fingerprint density at radius 1 is 1.16 bits per heavy atom. The van der Waals surface area contributed by atoms with Gasteiger partial charge >= 0.3 is 7.12 Å². The predicted octanol–water partition coefficient (Wildman–Crippen LogP) is 1.84.